The summed E-state index contributed by atoms with van der Waals surface area (Å²) in [6.07, 6.45) is 1.67. The number of anilines is 1. The van der Waals surface area contributed by atoms with Gasteiger partial charge in [0, 0.05) is 16.2 Å². The summed E-state index contributed by atoms with van der Waals surface area (Å²) in [4.78, 5) is 0. The average molecular weight is 282 g/mol. The van der Waals surface area contributed by atoms with E-state index in [1.165, 1.54) is 0 Å². The minimum atomic E-state index is 0.659. The molecule has 0 spiro atoms. The summed E-state index contributed by atoms with van der Waals surface area (Å²) < 4.78 is 11.4. The van der Waals surface area contributed by atoms with Crippen molar-refractivity contribution in [3.63, 3.8) is 0 Å². The van der Waals surface area contributed by atoms with E-state index < -0.39 is 0 Å². The maximum absolute atomic E-state index is 5.24. The molecule has 1 aromatic heterocycles. The summed E-state index contributed by atoms with van der Waals surface area (Å²) in [5.74, 6) is 1.72. The van der Waals surface area contributed by atoms with Crippen molar-refractivity contribution in [2.24, 2.45) is 0 Å². The number of methoxy groups -OCH3 is 1. The van der Waals surface area contributed by atoms with Crippen LogP contribution in [0.5, 0.6) is 5.75 Å². The van der Waals surface area contributed by atoms with Gasteiger partial charge in [0.15, 0.2) is 0 Å². The van der Waals surface area contributed by atoms with Gasteiger partial charge >= 0.3 is 0 Å². The zero-order valence-corrected chi connectivity index (χ0v) is 10.5. The van der Waals surface area contributed by atoms with Gasteiger partial charge in [-0.2, -0.15) is 0 Å². The molecular weight excluding hydrogens is 270 g/mol. The summed E-state index contributed by atoms with van der Waals surface area (Å²) in [7, 11) is 1.65. The molecule has 0 unspecified atom stereocenters. The van der Waals surface area contributed by atoms with Crippen LogP contribution < -0.4 is 10.1 Å². The van der Waals surface area contributed by atoms with Gasteiger partial charge in [-0.25, -0.2) is 0 Å². The van der Waals surface area contributed by atoms with E-state index in [4.69, 9.17) is 9.15 Å². The van der Waals surface area contributed by atoms with Crippen molar-refractivity contribution < 1.29 is 9.15 Å². The smallest absolute Gasteiger partial charge is 0.122 e. The van der Waals surface area contributed by atoms with Crippen LogP contribution in [0.25, 0.3) is 0 Å². The molecular formula is C12H12BrNO2. The molecule has 16 heavy (non-hydrogen) atoms. The highest BCUT2D eigenvalue weighted by Crippen LogP contribution is 2.24. The monoisotopic (exact) mass is 281 g/mol. The van der Waals surface area contributed by atoms with Crippen LogP contribution in [-0.2, 0) is 6.54 Å². The standard InChI is InChI=1S/C12H12BrNO2/c1-15-12-6-9(13)5-10(7-12)14-8-11-3-2-4-16-11/h2-7,14H,8H2,1H3. The van der Waals surface area contributed by atoms with Crippen LogP contribution in [0.1, 0.15) is 5.76 Å². The molecule has 0 amide bonds. The number of furan rings is 1. The summed E-state index contributed by atoms with van der Waals surface area (Å²) in [5.41, 5.74) is 0.989. The van der Waals surface area contributed by atoms with E-state index in [1.807, 2.05) is 30.3 Å². The third-order valence-electron chi connectivity index (χ3n) is 2.15. The molecule has 2 aromatic rings. The Morgan fingerprint density at radius 1 is 1.38 bits per heavy atom. The van der Waals surface area contributed by atoms with Crippen LogP contribution >= 0.6 is 15.9 Å². The van der Waals surface area contributed by atoms with Crippen LogP contribution in [0.15, 0.2) is 45.5 Å². The molecule has 0 saturated heterocycles. The zero-order valence-electron chi connectivity index (χ0n) is 8.87. The van der Waals surface area contributed by atoms with Gasteiger partial charge < -0.3 is 14.5 Å². The molecule has 84 valence electrons. The molecule has 0 aliphatic carbocycles. The van der Waals surface area contributed by atoms with Crippen LogP contribution in [0.2, 0.25) is 0 Å². The summed E-state index contributed by atoms with van der Waals surface area (Å²) in [6, 6.07) is 9.65. The van der Waals surface area contributed by atoms with Crippen molar-refractivity contribution in [3.8, 4) is 5.75 Å². The van der Waals surface area contributed by atoms with E-state index in [2.05, 4.69) is 21.2 Å². The first-order valence-corrected chi connectivity index (χ1v) is 5.68. The van der Waals surface area contributed by atoms with Gasteiger partial charge in [0.2, 0.25) is 0 Å². The zero-order chi connectivity index (χ0) is 11.4. The number of hydrogen-bond donors (Lipinski definition) is 1. The van der Waals surface area contributed by atoms with E-state index in [1.54, 1.807) is 13.4 Å². The number of nitrogens with one attached hydrogen (secondary N) is 1. The quantitative estimate of drug-likeness (QED) is 0.929. The Balaban J connectivity index is 2.06. The second-order valence-corrected chi connectivity index (χ2v) is 4.23. The maximum atomic E-state index is 5.24. The SMILES string of the molecule is COc1cc(Br)cc(NCc2ccco2)c1. The van der Waals surface area contributed by atoms with E-state index in [9.17, 15) is 0 Å². The predicted molar refractivity (Wildman–Crippen MR) is 66.7 cm³/mol. The Hall–Kier alpha value is -1.42. The molecule has 0 aliphatic rings. The fraction of sp³-hybridized carbons (Fsp3) is 0.167. The van der Waals surface area contributed by atoms with Crippen molar-refractivity contribution in [2.75, 3.05) is 12.4 Å². The third kappa shape index (κ3) is 2.79. The Kier molecular flexibility index (Phi) is 3.51. The minimum absolute atomic E-state index is 0.659. The van der Waals surface area contributed by atoms with Crippen molar-refractivity contribution in [1.82, 2.24) is 0 Å². The van der Waals surface area contributed by atoms with Crippen molar-refractivity contribution >= 4 is 21.6 Å². The van der Waals surface area contributed by atoms with E-state index >= 15 is 0 Å². The van der Waals surface area contributed by atoms with E-state index in [-0.39, 0.29) is 0 Å². The number of hydrogen-bond acceptors (Lipinski definition) is 3. The molecule has 1 N–H and O–H groups in total. The van der Waals surface area contributed by atoms with E-state index in [0.29, 0.717) is 6.54 Å². The summed E-state index contributed by atoms with van der Waals surface area (Å²) in [5, 5.41) is 3.26. The molecule has 0 fully saturated rings. The number of halogens is 1. The van der Waals surface area contributed by atoms with Crippen LogP contribution in [0.3, 0.4) is 0 Å². The highest BCUT2D eigenvalue weighted by atomic mass is 79.9. The van der Waals surface area contributed by atoms with Crippen LogP contribution in [0.4, 0.5) is 5.69 Å². The molecule has 2 rings (SSSR count). The molecule has 1 aromatic carbocycles. The minimum Gasteiger partial charge on any atom is -0.497 e. The second kappa shape index (κ2) is 5.07. The molecule has 0 aliphatic heterocycles. The van der Waals surface area contributed by atoms with Crippen molar-refractivity contribution in [1.29, 1.82) is 0 Å². The van der Waals surface area contributed by atoms with E-state index in [0.717, 1.165) is 21.7 Å². The van der Waals surface area contributed by atoms with Crippen LogP contribution in [-0.4, -0.2) is 7.11 Å². The fourth-order valence-corrected chi connectivity index (χ4v) is 1.86. The molecule has 4 heteroatoms. The fourth-order valence-electron chi connectivity index (χ4n) is 1.38. The van der Waals surface area contributed by atoms with Gasteiger partial charge in [0.1, 0.15) is 11.5 Å². The van der Waals surface area contributed by atoms with Crippen molar-refractivity contribution in [3.05, 3.63) is 46.8 Å². The second-order valence-electron chi connectivity index (χ2n) is 3.31. The molecule has 0 saturated carbocycles. The summed E-state index contributed by atoms with van der Waals surface area (Å²) in [6.45, 7) is 0.659. The lowest BCUT2D eigenvalue weighted by Crippen LogP contribution is -1.98. The first-order chi connectivity index (χ1) is 7.78. The number of ether oxygens (including phenoxy) is 1. The predicted octanol–water partition coefficient (Wildman–Crippen LogP) is 3.66. The lowest BCUT2D eigenvalue weighted by atomic mass is 10.3. The Morgan fingerprint density at radius 3 is 2.94 bits per heavy atom. The normalized spacial score (nSPS) is 10.1. The van der Waals surface area contributed by atoms with Gasteiger partial charge in [-0.15, -0.1) is 0 Å². The summed E-state index contributed by atoms with van der Waals surface area (Å²) >= 11 is 3.43. The molecule has 0 bridgehead atoms. The van der Waals surface area contributed by atoms with Gasteiger partial charge in [-0.1, -0.05) is 15.9 Å². The highest BCUT2D eigenvalue weighted by molar-refractivity contribution is 9.10. The van der Waals surface area contributed by atoms with Gasteiger partial charge in [0.05, 0.1) is 19.9 Å². The molecule has 3 nitrogen and oxygen atoms in total. The Morgan fingerprint density at radius 2 is 2.25 bits per heavy atom. The maximum Gasteiger partial charge on any atom is 0.122 e. The third-order valence-corrected chi connectivity index (χ3v) is 2.61. The Labute approximate surface area is 103 Å². The number of benzene rings is 1. The lowest BCUT2D eigenvalue weighted by Gasteiger charge is -2.07. The molecule has 0 atom stereocenters. The van der Waals surface area contributed by atoms with Crippen LogP contribution in [0, 0.1) is 0 Å². The largest absolute Gasteiger partial charge is 0.497 e. The highest BCUT2D eigenvalue weighted by Gasteiger charge is 2.00. The van der Waals surface area contributed by atoms with Gasteiger partial charge in [0.25, 0.3) is 0 Å². The first kappa shape index (κ1) is 11.1. The lowest BCUT2D eigenvalue weighted by molar-refractivity contribution is 0.414. The van der Waals surface area contributed by atoms with Gasteiger partial charge in [-0.05, 0) is 24.3 Å². The first-order valence-electron chi connectivity index (χ1n) is 4.89. The topological polar surface area (TPSA) is 34.4 Å². The number of rotatable bonds is 4. The van der Waals surface area contributed by atoms with Crippen molar-refractivity contribution in [2.45, 2.75) is 6.54 Å². The molecule has 0 radical (unpaired) electrons. The van der Waals surface area contributed by atoms with Gasteiger partial charge in [-0.3, -0.25) is 0 Å². The average Bonchev–Trinajstić information content (AvgIpc) is 2.78. The molecule has 1 heterocycles. The Bertz CT molecular complexity index is 454.